The minimum absolute atomic E-state index is 0.108. The van der Waals surface area contributed by atoms with Crippen LogP contribution in [0.1, 0.15) is 49.5 Å². The van der Waals surface area contributed by atoms with Crippen LogP contribution in [0.15, 0.2) is 24.3 Å². The summed E-state index contributed by atoms with van der Waals surface area (Å²) in [4.78, 5) is 37.3. The fourth-order valence-electron chi connectivity index (χ4n) is 2.75. The van der Waals surface area contributed by atoms with Crippen molar-refractivity contribution in [3.05, 3.63) is 35.4 Å². The molecule has 1 N–H and O–H groups in total. The molecule has 6 heteroatoms. The number of nitrogens with zero attached hydrogens (tertiary/aromatic N) is 1. The number of amides is 2. The number of carbonyl (C=O) groups excluding carboxylic acids is 3. The second kappa shape index (κ2) is 8.65. The largest absolute Gasteiger partial charge is 0.449 e. The van der Waals surface area contributed by atoms with E-state index in [1.165, 1.54) is 6.92 Å². The maximum Gasteiger partial charge on any atom is 0.338 e. The van der Waals surface area contributed by atoms with Crippen LogP contribution in [0, 0.1) is 5.92 Å². The summed E-state index contributed by atoms with van der Waals surface area (Å²) in [5.74, 6) is -0.124. The average molecular weight is 346 g/mol. The van der Waals surface area contributed by atoms with Crippen molar-refractivity contribution in [2.75, 3.05) is 13.1 Å². The number of nitrogens with one attached hydrogen (secondary N) is 1. The topological polar surface area (TPSA) is 75.7 Å². The SMILES string of the molecule is CC(=O)NCc1ccc(C(=O)OC(C)C(=O)N2CCC(C)CC2)cc1. The van der Waals surface area contributed by atoms with E-state index < -0.39 is 12.1 Å². The molecule has 0 saturated carbocycles. The van der Waals surface area contributed by atoms with Crippen molar-refractivity contribution in [2.24, 2.45) is 5.92 Å². The van der Waals surface area contributed by atoms with Gasteiger partial charge in [-0.3, -0.25) is 9.59 Å². The van der Waals surface area contributed by atoms with Gasteiger partial charge in [-0.25, -0.2) is 4.79 Å². The van der Waals surface area contributed by atoms with E-state index in [2.05, 4.69) is 12.2 Å². The zero-order chi connectivity index (χ0) is 18.4. The summed E-state index contributed by atoms with van der Waals surface area (Å²) in [6.45, 7) is 7.10. The molecule has 1 heterocycles. The lowest BCUT2D eigenvalue weighted by Gasteiger charge is -2.31. The van der Waals surface area contributed by atoms with E-state index in [4.69, 9.17) is 4.74 Å². The lowest BCUT2D eigenvalue weighted by atomic mass is 9.99. The number of benzene rings is 1. The van der Waals surface area contributed by atoms with E-state index in [1.807, 2.05) is 0 Å². The van der Waals surface area contributed by atoms with E-state index in [9.17, 15) is 14.4 Å². The number of esters is 1. The number of hydrogen-bond donors (Lipinski definition) is 1. The first-order valence-electron chi connectivity index (χ1n) is 8.70. The summed E-state index contributed by atoms with van der Waals surface area (Å²) < 4.78 is 5.32. The highest BCUT2D eigenvalue weighted by molar-refractivity contribution is 5.92. The minimum atomic E-state index is -0.792. The van der Waals surface area contributed by atoms with Crippen molar-refractivity contribution >= 4 is 17.8 Å². The molecule has 1 aromatic rings. The van der Waals surface area contributed by atoms with Gasteiger partial charge in [-0.2, -0.15) is 0 Å². The molecule has 2 amide bonds. The molecule has 0 bridgehead atoms. The monoisotopic (exact) mass is 346 g/mol. The number of ether oxygens (including phenoxy) is 1. The lowest BCUT2D eigenvalue weighted by molar-refractivity contribution is -0.141. The predicted octanol–water partition coefficient (Wildman–Crippen LogP) is 2.13. The van der Waals surface area contributed by atoms with Gasteiger partial charge in [-0.15, -0.1) is 0 Å². The van der Waals surface area contributed by atoms with Gasteiger partial charge in [0, 0.05) is 26.6 Å². The maximum atomic E-state index is 12.4. The van der Waals surface area contributed by atoms with E-state index >= 15 is 0 Å². The molecular weight excluding hydrogens is 320 g/mol. The molecule has 2 rings (SSSR count). The van der Waals surface area contributed by atoms with Gasteiger partial charge >= 0.3 is 5.97 Å². The summed E-state index contributed by atoms with van der Waals surface area (Å²) in [7, 11) is 0. The molecule has 1 aliphatic heterocycles. The van der Waals surface area contributed by atoms with Crippen LogP contribution in [0.4, 0.5) is 0 Å². The van der Waals surface area contributed by atoms with Crippen LogP contribution in [0.5, 0.6) is 0 Å². The normalized spacial score (nSPS) is 16.2. The fourth-order valence-corrected chi connectivity index (χ4v) is 2.75. The second-order valence-electron chi connectivity index (χ2n) is 6.66. The Bertz CT molecular complexity index is 619. The molecule has 1 unspecified atom stereocenters. The summed E-state index contributed by atoms with van der Waals surface area (Å²) >= 11 is 0. The average Bonchev–Trinajstić information content (AvgIpc) is 2.60. The molecule has 1 saturated heterocycles. The summed E-state index contributed by atoms with van der Waals surface area (Å²) in [5, 5.41) is 2.69. The summed E-state index contributed by atoms with van der Waals surface area (Å²) in [6.07, 6.45) is 1.18. The van der Waals surface area contributed by atoms with Gasteiger partial charge in [0.1, 0.15) is 0 Å². The van der Waals surface area contributed by atoms with Gasteiger partial charge in [-0.05, 0) is 43.4 Å². The zero-order valence-corrected chi connectivity index (χ0v) is 15.1. The molecule has 0 aromatic heterocycles. The van der Waals surface area contributed by atoms with Crippen LogP contribution in [-0.2, 0) is 20.9 Å². The molecule has 1 fully saturated rings. The molecule has 0 spiro atoms. The highest BCUT2D eigenvalue weighted by atomic mass is 16.5. The molecule has 1 aromatic carbocycles. The van der Waals surface area contributed by atoms with Crippen LogP contribution < -0.4 is 5.32 Å². The van der Waals surface area contributed by atoms with Crippen molar-refractivity contribution in [3.63, 3.8) is 0 Å². The van der Waals surface area contributed by atoms with Gasteiger partial charge in [-0.1, -0.05) is 19.1 Å². The van der Waals surface area contributed by atoms with Crippen LogP contribution in [0.2, 0.25) is 0 Å². The molecule has 6 nitrogen and oxygen atoms in total. The maximum absolute atomic E-state index is 12.4. The molecule has 136 valence electrons. The number of carbonyl (C=O) groups is 3. The summed E-state index contributed by atoms with van der Waals surface area (Å²) in [6, 6.07) is 6.79. The first-order valence-corrected chi connectivity index (χ1v) is 8.70. The zero-order valence-electron chi connectivity index (χ0n) is 15.1. The van der Waals surface area contributed by atoms with E-state index in [1.54, 1.807) is 36.1 Å². The Labute approximate surface area is 148 Å². The number of piperidine rings is 1. The Hall–Kier alpha value is -2.37. The third-order valence-electron chi connectivity index (χ3n) is 4.46. The van der Waals surface area contributed by atoms with Crippen molar-refractivity contribution in [1.29, 1.82) is 0 Å². The Morgan fingerprint density at radius 3 is 2.36 bits per heavy atom. The van der Waals surface area contributed by atoms with Crippen LogP contribution in [0.3, 0.4) is 0 Å². The van der Waals surface area contributed by atoms with E-state index in [0.29, 0.717) is 18.0 Å². The van der Waals surface area contributed by atoms with Crippen molar-refractivity contribution in [2.45, 2.75) is 46.3 Å². The van der Waals surface area contributed by atoms with Crippen molar-refractivity contribution in [3.8, 4) is 0 Å². The van der Waals surface area contributed by atoms with Crippen LogP contribution >= 0.6 is 0 Å². The Kier molecular flexibility index (Phi) is 6.56. The molecule has 1 atom stereocenters. The lowest BCUT2D eigenvalue weighted by Crippen LogP contribution is -2.44. The van der Waals surface area contributed by atoms with Gasteiger partial charge in [0.25, 0.3) is 5.91 Å². The van der Waals surface area contributed by atoms with Crippen molar-refractivity contribution < 1.29 is 19.1 Å². The van der Waals surface area contributed by atoms with Crippen LogP contribution in [0.25, 0.3) is 0 Å². The first-order chi connectivity index (χ1) is 11.9. The Morgan fingerprint density at radius 1 is 1.20 bits per heavy atom. The number of hydrogen-bond acceptors (Lipinski definition) is 4. The van der Waals surface area contributed by atoms with Crippen molar-refractivity contribution in [1.82, 2.24) is 10.2 Å². The van der Waals surface area contributed by atoms with Gasteiger partial charge in [0.15, 0.2) is 6.10 Å². The van der Waals surface area contributed by atoms with E-state index in [0.717, 1.165) is 31.5 Å². The van der Waals surface area contributed by atoms with Crippen LogP contribution in [-0.4, -0.2) is 41.9 Å². The summed E-state index contributed by atoms with van der Waals surface area (Å²) in [5.41, 5.74) is 1.27. The van der Waals surface area contributed by atoms with E-state index in [-0.39, 0.29) is 11.8 Å². The third-order valence-corrected chi connectivity index (χ3v) is 4.46. The molecular formula is C19H26N2O4. The minimum Gasteiger partial charge on any atom is -0.449 e. The highest BCUT2D eigenvalue weighted by Crippen LogP contribution is 2.17. The molecule has 1 aliphatic rings. The van der Waals surface area contributed by atoms with Gasteiger partial charge < -0.3 is 15.0 Å². The quantitative estimate of drug-likeness (QED) is 0.829. The third kappa shape index (κ3) is 5.59. The highest BCUT2D eigenvalue weighted by Gasteiger charge is 2.27. The smallest absolute Gasteiger partial charge is 0.338 e. The standard InChI is InChI=1S/C19H26N2O4/c1-13-8-10-21(11-9-13)18(23)14(2)25-19(24)17-6-4-16(5-7-17)12-20-15(3)22/h4-7,13-14H,8-12H2,1-3H3,(H,20,22). The second-order valence-corrected chi connectivity index (χ2v) is 6.66. The van der Waals surface area contributed by atoms with Gasteiger partial charge in [0.2, 0.25) is 5.91 Å². The number of rotatable bonds is 5. The Morgan fingerprint density at radius 2 is 1.80 bits per heavy atom. The number of likely N-dealkylation sites (tertiary alicyclic amines) is 1. The Balaban J connectivity index is 1.87. The predicted molar refractivity (Wildman–Crippen MR) is 93.8 cm³/mol. The first kappa shape index (κ1) is 19.0. The fraction of sp³-hybridized carbons (Fsp3) is 0.526. The molecule has 25 heavy (non-hydrogen) atoms. The molecule has 0 radical (unpaired) electrons. The molecule has 0 aliphatic carbocycles. The van der Waals surface area contributed by atoms with Gasteiger partial charge in [0.05, 0.1) is 5.56 Å².